The Morgan fingerprint density at radius 2 is 2.05 bits per heavy atom. The largest absolute Gasteiger partial charge is 0.384 e. The minimum absolute atomic E-state index is 0.277. The predicted octanol–water partition coefficient (Wildman–Crippen LogP) is 2.50. The molecular weight excluding hydrogens is 259 g/mol. The van der Waals surface area contributed by atoms with Gasteiger partial charge in [0, 0.05) is 19.7 Å². The number of benzene rings is 1. The summed E-state index contributed by atoms with van der Waals surface area (Å²) in [5, 5.41) is 0. The van der Waals surface area contributed by atoms with Crippen molar-refractivity contribution >= 4 is 17.3 Å². The zero-order valence-corrected chi connectivity index (χ0v) is 11.5. The number of nitrogen functional groups attached to an aromatic ring is 1. The van der Waals surface area contributed by atoms with Crippen LogP contribution in [0.15, 0.2) is 30.3 Å². The van der Waals surface area contributed by atoms with Crippen LogP contribution in [0.3, 0.4) is 0 Å². The maximum atomic E-state index is 13.8. The number of anilines is 3. The monoisotopic (exact) mass is 276 g/mol. The lowest BCUT2D eigenvalue weighted by Crippen LogP contribution is -2.15. The highest BCUT2D eigenvalue weighted by Gasteiger charge is 2.12. The van der Waals surface area contributed by atoms with Gasteiger partial charge in [0.15, 0.2) is 5.82 Å². The summed E-state index contributed by atoms with van der Waals surface area (Å²) in [4.78, 5) is 10.1. The van der Waals surface area contributed by atoms with Gasteiger partial charge in [-0.1, -0.05) is 12.1 Å². The second-order valence-corrected chi connectivity index (χ2v) is 4.21. The minimum atomic E-state index is -0.321. The van der Waals surface area contributed by atoms with Gasteiger partial charge < -0.3 is 15.4 Å². The molecule has 0 spiro atoms. The number of hydrogen-bond donors (Lipinski definition) is 1. The molecule has 0 aliphatic heterocycles. The van der Waals surface area contributed by atoms with Gasteiger partial charge in [0.2, 0.25) is 0 Å². The van der Waals surface area contributed by atoms with Crippen molar-refractivity contribution in [1.29, 1.82) is 0 Å². The number of aromatic nitrogens is 2. The highest BCUT2D eigenvalue weighted by atomic mass is 19.1. The first-order chi connectivity index (χ1) is 9.61. The molecule has 1 heterocycles. The number of rotatable bonds is 5. The maximum absolute atomic E-state index is 13.8. The van der Waals surface area contributed by atoms with Crippen LogP contribution in [0.4, 0.5) is 21.7 Å². The van der Waals surface area contributed by atoms with Crippen LogP contribution in [0.25, 0.3) is 0 Å². The molecule has 0 saturated carbocycles. The van der Waals surface area contributed by atoms with Crippen molar-refractivity contribution < 1.29 is 9.13 Å². The number of nitrogens with zero attached hydrogens (tertiary/aromatic N) is 3. The number of para-hydroxylation sites is 1. The van der Waals surface area contributed by atoms with Gasteiger partial charge in [0.05, 0.1) is 5.69 Å². The minimum Gasteiger partial charge on any atom is -0.384 e. The molecule has 0 aliphatic carbocycles. The van der Waals surface area contributed by atoms with Crippen LogP contribution in [0.2, 0.25) is 0 Å². The highest BCUT2D eigenvalue weighted by molar-refractivity contribution is 5.61. The summed E-state index contributed by atoms with van der Waals surface area (Å²) in [6.45, 7) is 2.73. The van der Waals surface area contributed by atoms with Crippen molar-refractivity contribution in [3.63, 3.8) is 0 Å². The van der Waals surface area contributed by atoms with Gasteiger partial charge in [0.25, 0.3) is 0 Å². The van der Waals surface area contributed by atoms with Gasteiger partial charge in [-0.05, 0) is 19.1 Å². The second-order valence-electron chi connectivity index (χ2n) is 4.21. The van der Waals surface area contributed by atoms with Crippen LogP contribution in [-0.4, -0.2) is 23.6 Å². The van der Waals surface area contributed by atoms with E-state index in [9.17, 15) is 4.39 Å². The summed E-state index contributed by atoms with van der Waals surface area (Å²) in [6, 6.07) is 8.08. The quantitative estimate of drug-likeness (QED) is 0.909. The summed E-state index contributed by atoms with van der Waals surface area (Å²) in [5.41, 5.74) is 6.18. The van der Waals surface area contributed by atoms with Gasteiger partial charge in [-0.2, -0.15) is 0 Å². The fraction of sp³-hybridized carbons (Fsp3) is 0.286. The zero-order chi connectivity index (χ0) is 14.5. The van der Waals surface area contributed by atoms with E-state index in [4.69, 9.17) is 10.5 Å². The average Bonchev–Trinajstić information content (AvgIpc) is 2.44. The van der Waals surface area contributed by atoms with Crippen LogP contribution in [0.5, 0.6) is 0 Å². The van der Waals surface area contributed by atoms with Gasteiger partial charge in [-0.25, -0.2) is 14.4 Å². The van der Waals surface area contributed by atoms with Crippen LogP contribution >= 0.6 is 0 Å². The Morgan fingerprint density at radius 1 is 1.30 bits per heavy atom. The number of hydrogen-bond acceptors (Lipinski definition) is 5. The van der Waals surface area contributed by atoms with E-state index in [2.05, 4.69) is 9.97 Å². The Balaban J connectivity index is 2.32. The molecule has 106 valence electrons. The number of halogens is 1. The summed E-state index contributed by atoms with van der Waals surface area (Å²) in [5.74, 6) is 1.01. The fourth-order valence-electron chi connectivity index (χ4n) is 1.78. The molecular formula is C14H17FN4O. The third-order valence-electron chi connectivity index (χ3n) is 2.77. The normalized spacial score (nSPS) is 10.6. The molecule has 0 bridgehead atoms. The van der Waals surface area contributed by atoms with E-state index >= 15 is 0 Å². The first-order valence-electron chi connectivity index (χ1n) is 6.31. The summed E-state index contributed by atoms with van der Waals surface area (Å²) < 4.78 is 19.1. The summed E-state index contributed by atoms with van der Waals surface area (Å²) in [7, 11) is 1.73. The van der Waals surface area contributed by atoms with Crippen molar-refractivity contribution in [3.05, 3.63) is 42.0 Å². The Hall–Kier alpha value is -2.21. The van der Waals surface area contributed by atoms with Gasteiger partial charge >= 0.3 is 0 Å². The highest BCUT2D eigenvalue weighted by Crippen LogP contribution is 2.25. The Labute approximate surface area is 117 Å². The molecule has 0 aliphatic rings. The standard InChI is InChI=1S/C14H17FN4O/c1-3-20-9-13-17-12(16)8-14(18-13)19(2)11-7-5-4-6-10(11)15/h4-8H,3,9H2,1-2H3,(H2,16,17,18). The van der Waals surface area contributed by atoms with E-state index < -0.39 is 0 Å². The van der Waals surface area contributed by atoms with Crippen molar-refractivity contribution in [1.82, 2.24) is 9.97 Å². The molecule has 0 saturated heterocycles. The average molecular weight is 276 g/mol. The zero-order valence-electron chi connectivity index (χ0n) is 11.5. The van der Waals surface area contributed by atoms with E-state index in [0.717, 1.165) is 0 Å². The molecule has 2 rings (SSSR count). The predicted molar refractivity (Wildman–Crippen MR) is 76.2 cm³/mol. The van der Waals surface area contributed by atoms with Crippen molar-refractivity contribution in [2.24, 2.45) is 0 Å². The van der Waals surface area contributed by atoms with E-state index in [0.29, 0.717) is 29.8 Å². The molecule has 2 aromatic rings. The third-order valence-corrected chi connectivity index (χ3v) is 2.77. The van der Waals surface area contributed by atoms with E-state index in [1.807, 2.05) is 6.92 Å². The number of ether oxygens (including phenoxy) is 1. The molecule has 20 heavy (non-hydrogen) atoms. The molecule has 1 aromatic carbocycles. The smallest absolute Gasteiger partial charge is 0.158 e. The van der Waals surface area contributed by atoms with Gasteiger partial charge in [0.1, 0.15) is 24.1 Å². The molecule has 5 nitrogen and oxygen atoms in total. The van der Waals surface area contributed by atoms with E-state index in [1.54, 1.807) is 36.2 Å². The van der Waals surface area contributed by atoms with Crippen LogP contribution in [0.1, 0.15) is 12.7 Å². The molecule has 0 amide bonds. The van der Waals surface area contributed by atoms with Crippen LogP contribution < -0.4 is 10.6 Å². The van der Waals surface area contributed by atoms with Crippen LogP contribution in [-0.2, 0) is 11.3 Å². The molecule has 2 N–H and O–H groups in total. The molecule has 0 radical (unpaired) electrons. The third kappa shape index (κ3) is 3.21. The molecule has 0 fully saturated rings. The Morgan fingerprint density at radius 3 is 2.75 bits per heavy atom. The second kappa shape index (κ2) is 6.29. The fourth-order valence-corrected chi connectivity index (χ4v) is 1.78. The Bertz CT molecular complexity index is 591. The van der Waals surface area contributed by atoms with Crippen molar-refractivity contribution in [2.45, 2.75) is 13.5 Å². The molecule has 6 heteroatoms. The summed E-state index contributed by atoms with van der Waals surface area (Å²) in [6.07, 6.45) is 0. The van der Waals surface area contributed by atoms with E-state index in [1.165, 1.54) is 6.07 Å². The lowest BCUT2D eigenvalue weighted by atomic mass is 10.3. The number of nitrogens with two attached hydrogens (primary N) is 1. The Kier molecular flexibility index (Phi) is 4.47. The SMILES string of the molecule is CCOCc1nc(N)cc(N(C)c2ccccc2F)n1. The van der Waals surface area contributed by atoms with Crippen molar-refractivity contribution in [3.8, 4) is 0 Å². The summed E-state index contributed by atoms with van der Waals surface area (Å²) >= 11 is 0. The molecule has 1 aromatic heterocycles. The van der Waals surface area contributed by atoms with E-state index in [-0.39, 0.29) is 12.4 Å². The van der Waals surface area contributed by atoms with Crippen LogP contribution in [0, 0.1) is 5.82 Å². The topological polar surface area (TPSA) is 64.3 Å². The molecule has 0 unspecified atom stereocenters. The first-order valence-corrected chi connectivity index (χ1v) is 6.31. The van der Waals surface area contributed by atoms with Gasteiger partial charge in [-0.3, -0.25) is 0 Å². The molecule has 0 atom stereocenters. The maximum Gasteiger partial charge on any atom is 0.158 e. The van der Waals surface area contributed by atoms with Crippen molar-refractivity contribution in [2.75, 3.05) is 24.3 Å². The lowest BCUT2D eigenvalue weighted by molar-refractivity contribution is 0.128. The first kappa shape index (κ1) is 14.2. The van der Waals surface area contributed by atoms with Gasteiger partial charge in [-0.15, -0.1) is 0 Å². The lowest BCUT2D eigenvalue weighted by Gasteiger charge is -2.19.